The lowest BCUT2D eigenvalue weighted by atomic mass is 10.0. The van der Waals surface area contributed by atoms with Gasteiger partial charge in [-0.1, -0.05) is 42.4 Å². The van der Waals surface area contributed by atoms with E-state index in [1.807, 2.05) is 6.08 Å². The van der Waals surface area contributed by atoms with Crippen LogP contribution in [0.15, 0.2) is 35.5 Å². The molecule has 0 amide bonds. The highest BCUT2D eigenvalue weighted by atomic mass is 16.2. The summed E-state index contributed by atoms with van der Waals surface area (Å²) in [5.74, 6) is 0.637. The quantitative estimate of drug-likeness (QED) is 0.638. The van der Waals surface area contributed by atoms with Gasteiger partial charge in [-0.3, -0.25) is 0 Å². The first-order valence-electron chi connectivity index (χ1n) is 6.12. The van der Waals surface area contributed by atoms with Crippen LogP contribution in [0.2, 0.25) is 0 Å². The summed E-state index contributed by atoms with van der Waals surface area (Å²) in [6, 6.07) is 0. The average molecular weight is 222 g/mol. The number of aliphatic hydroxyl groups excluding tert-OH is 1. The van der Waals surface area contributed by atoms with Gasteiger partial charge < -0.3 is 5.11 Å². The van der Waals surface area contributed by atoms with Crippen LogP contribution >= 0.6 is 0 Å². The first kappa shape index (κ1) is 15.2. The Labute approximate surface area is 101 Å². The lowest BCUT2D eigenvalue weighted by Gasteiger charge is -2.03. The summed E-state index contributed by atoms with van der Waals surface area (Å²) in [6.07, 6.45) is 12.0. The van der Waals surface area contributed by atoms with Crippen LogP contribution in [-0.4, -0.2) is 11.7 Å². The summed E-state index contributed by atoms with van der Waals surface area (Å²) >= 11 is 0. The zero-order chi connectivity index (χ0) is 12.4. The van der Waals surface area contributed by atoms with Crippen molar-refractivity contribution in [1.82, 2.24) is 0 Å². The van der Waals surface area contributed by atoms with Gasteiger partial charge in [0.2, 0.25) is 0 Å². The van der Waals surface area contributed by atoms with Crippen molar-refractivity contribution in [2.45, 2.75) is 47.0 Å². The van der Waals surface area contributed by atoms with Gasteiger partial charge in [0.05, 0.1) is 6.61 Å². The van der Waals surface area contributed by atoms with E-state index in [4.69, 9.17) is 5.11 Å². The molecule has 1 heteroatoms. The van der Waals surface area contributed by atoms with E-state index in [0.29, 0.717) is 5.92 Å². The van der Waals surface area contributed by atoms with Gasteiger partial charge in [-0.2, -0.15) is 0 Å². The van der Waals surface area contributed by atoms with Crippen molar-refractivity contribution in [3.05, 3.63) is 35.5 Å². The van der Waals surface area contributed by atoms with Crippen molar-refractivity contribution in [1.29, 1.82) is 0 Å². The molecule has 92 valence electrons. The fraction of sp³-hybridized carbons (Fsp3) is 0.600. The number of hydrogen-bond acceptors (Lipinski definition) is 1. The van der Waals surface area contributed by atoms with Crippen molar-refractivity contribution >= 4 is 0 Å². The largest absolute Gasteiger partial charge is 0.392 e. The molecule has 0 fully saturated rings. The molecule has 0 saturated carbocycles. The van der Waals surface area contributed by atoms with Crippen molar-refractivity contribution in [2.75, 3.05) is 6.61 Å². The van der Waals surface area contributed by atoms with Gasteiger partial charge in [0, 0.05) is 0 Å². The summed E-state index contributed by atoms with van der Waals surface area (Å²) in [6.45, 7) is 8.73. The molecule has 0 radical (unpaired) electrons. The Morgan fingerprint density at radius 1 is 1.19 bits per heavy atom. The maximum Gasteiger partial charge on any atom is 0.0615 e. The van der Waals surface area contributed by atoms with E-state index in [1.54, 1.807) is 0 Å². The van der Waals surface area contributed by atoms with Crippen molar-refractivity contribution in [3.8, 4) is 0 Å². The molecule has 1 N–H and O–H groups in total. The van der Waals surface area contributed by atoms with Crippen LogP contribution in [-0.2, 0) is 0 Å². The second-order valence-electron chi connectivity index (χ2n) is 4.70. The van der Waals surface area contributed by atoms with Gasteiger partial charge >= 0.3 is 0 Å². The number of hydrogen-bond donors (Lipinski definition) is 1. The molecule has 0 aromatic heterocycles. The third-order valence-electron chi connectivity index (χ3n) is 2.52. The van der Waals surface area contributed by atoms with E-state index in [1.165, 1.54) is 24.0 Å². The fourth-order valence-corrected chi connectivity index (χ4v) is 1.46. The Morgan fingerprint density at radius 2 is 1.88 bits per heavy atom. The van der Waals surface area contributed by atoms with Gasteiger partial charge in [-0.05, 0) is 46.0 Å². The summed E-state index contributed by atoms with van der Waals surface area (Å²) in [7, 11) is 0. The Kier molecular flexibility index (Phi) is 8.93. The predicted octanol–water partition coefficient (Wildman–Crippen LogP) is 4.25. The van der Waals surface area contributed by atoms with E-state index in [0.717, 1.165) is 6.42 Å². The Morgan fingerprint density at radius 3 is 2.44 bits per heavy atom. The molecule has 1 atom stereocenters. The predicted molar refractivity (Wildman–Crippen MR) is 72.4 cm³/mol. The van der Waals surface area contributed by atoms with Gasteiger partial charge in [0.25, 0.3) is 0 Å². The molecule has 0 heterocycles. The zero-order valence-electron chi connectivity index (χ0n) is 11.2. The molecule has 0 spiro atoms. The first-order chi connectivity index (χ1) is 7.56. The smallest absolute Gasteiger partial charge is 0.0615 e. The summed E-state index contributed by atoms with van der Waals surface area (Å²) in [4.78, 5) is 0. The highest BCUT2D eigenvalue weighted by Crippen LogP contribution is 2.10. The van der Waals surface area contributed by atoms with Gasteiger partial charge in [0.15, 0.2) is 0 Å². The zero-order valence-corrected chi connectivity index (χ0v) is 11.2. The summed E-state index contributed by atoms with van der Waals surface area (Å²) < 4.78 is 0. The maximum atomic E-state index is 8.71. The molecule has 0 aliphatic carbocycles. The molecule has 1 unspecified atom stereocenters. The lowest BCUT2D eigenvalue weighted by molar-refractivity contribution is 0.341. The van der Waals surface area contributed by atoms with Crippen LogP contribution in [0.3, 0.4) is 0 Å². The molecule has 0 aliphatic heterocycles. The normalized spacial score (nSPS) is 14.2. The molecule has 0 rings (SSSR count). The molecule has 0 bridgehead atoms. The molecule has 16 heavy (non-hydrogen) atoms. The number of allylic oxidation sites excluding steroid dienone is 5. The summed E-state index contributed by atoms with van der Waals surface area (Å²) in [5.41, 5.74) is 2.63. The first-order valence-corrected chi connectivity index (χ1v) is 6.12. The lowest BCUT2D eigenvalue weighted by Crippen LogP contribution is -1.88. The SMILES string of the molecule is CC(C)=CCCC(C)/C=C/C/C(C)=C/CO. The maximum absolute atomic E-state index is 8.71. The second-order valence-corrected chi connectivity index (χ2v) is 4.70. The third kappa shape index (κ3) is 9.72. The minimum absolute atomic E-state index is 0.149. The molecule has 1 nitrogen and oxygen atoms in total. The van der Waals surface area contributed by atoms with Crippen LogP contribution in [0, 0.1) is 5.92 Å². The van der Waals surface area contributed by atoms with Crippen LogP contribution < -0.4 is 0 Å². The number of aliphatic hydroxyl groups is 1. The van der Waals surface area contributed by atoms with Crippen LogP contribution in [0.5, 0.6) is 0 Å². The standard InChI is InChI=1S/C15H26O/c1-13(2)7-5-8-14(3)9-6-10-15(4)11-12-16/h6-7,9,11,14,16H,5,8,10,12H2,1-4H3/b9-6+,15-11+. The Hall–Kier alpha value is -0.820. The van der Waals surface area contributed by atoms with Crippen molar-refractivity contribution < 1.29 is 5.11 Å². The van der Waals surface area contributed by atoms with E-state index in [9.17, 15) is 0 Å². The van der Waals surface area contributed by atoms with Crippen LogP contribution in [0.4, 0.5) is 0 Å². The molecular formula is C15H26O. The average Bonchev–Trinajstić information content (AvgIpc) is 2.17. The van der Waals surface area contributed by atoms with E-state index in [-0.39, 0.29) is 6.61 Å². The Balaban J connectivity index is 3.78. The minimum atomic E-state index is 0.149. The second kappa shape index (κ2) is 9.41. The fourth-order valence-electron chi connectivity index (χ4n) is 1.46. The van der Waals surface area contributed by atoms with Gasteiger partial charge in [0.1, 0.15) is 0 Å². The van der Waals surface area contributed by atoms with E-state index in [2.05, 4.69) is 45.9 Å². The molecule has 0 aliphatic rings. The monoisotopic (exact) mass is 222 g/mol. The van der Waals surface area contributed by atoms with Gasteiger partial charge in [-0.25, -0.2) is 0 Å². The molecular weight excluding hydrogens is 196 g/mol. The van der Waals surface area contributed by atoms with Crippen molar-refractivity contribution in [2.24, 2.45) is 5.92 Å². The third-order valence-corrected chi connectivity index (χ3v) is 2.52. The van der Waals surface area contributed by atoms with Crippen LogP contribution in [0.25, 0.3) is 0 Å². The van der Waals surface area contributed by atoms with Crippen LogP contribution in [0.1, 0.15) is 47.0 Å². The highest BCUT2D eigenvalue weighted by Gasteiger charge is 1.94. The summed E-state index contributed by atoms with van der Waals surface area (Å²) in [5, 5.41) is 8.71. The Bertz CT molecular complexity index is 255. The van der Waals surface area contributed by atoms with Crippen molar-refractivity contribution in [3.63, 3.8) is 0 Å². The van der Waals surface area contributed by atoms with Gasteiger partial charge in [-0.15, -0.1) is 0 Å². The van der Waals surface area contributed by atoms with E-state index >= 15 is 0 Å². The molecule has 0 saturated heterocycles. The number of rotatable bonds is 7. The topological polar surface area (TPSA) is 20.2 Å². The molecule has 0 aromatic carbocycles. The highest BCUT2D eigenvalue weighted by molar-refractivity contribution is 5.05. The van der Waals surface area contributed by atoms with E-state index < -0.39 is 0 Å². The minimum Gasteiger partial charge on any atom is -0.392 e. The molecule has 0 aromatic rings.